The summed E-state index contributed by atoms with van der Waals surface area (Å²) < 4.78 is 11.0. The molecule has 0 aromatic heterocycles. The van der Waals surface area contributed by atoms with Gasteiger partial charge in [-0.25, -0.2) is 10.3 Å². The Morgan fingerprint density at radius 3 is 2.61 bits per heavy atom. The van der Waals surface area contributed by atoms with Gasteiger partial charge in [0.1, 0.15) is 18.5 Å². The molecular weight excluding hydrogens is 402 g/mol. The molecule has 0 fully saturated rings. The van der Waals surface area contributed by atoms with Crippen molar-refractivity contribution in [3.05, 3.63) is 71.8 Å². The first-order valence-electron chi connectivity index (χ1n) is 9.40. The van der Waals surface area contributed by atoms with E-state index in [2.05, 4.69) is 5.32 Å². The maximum Gasteiger partial charge on any atom is 0.412 e. The third-order valence-corrected chi connectivity index (χ3v) is 4.18. The minimum absolute atomic E-state index is 0.111. The molecule has 0 bridgehead atoms. The number of aliphatic hydroxyl groups excluding tert-OH is 1. The van der Waals surface area contributed by atoms with Crippen LogP contribution in [0.25, 0.3) is 0 Å². The zero-order valence-corrected chi connectivity index (χ0v) is 16.8. The van der Waals surface area contributed by atoms with Gasteiger partial charge in [0.2, 0.25) is 0 Å². The van der Waals surface area contributed by atoms with Crippen molar-refractivity contribution in [1.29, 1.82) is 5.26 Å². The van der Waals surface area contributed by atoms with Gasteiger partial charge in [-0.05, 0) is 42.0 Å². The summed E-state index contributed by atoms with van der Waals surface area (Å²) in [6.45, 7) is 1.70. The zero-order valence-electron chi connectivity index (χ0n) is 16.8. The predicted molar refractivity (Wildman–Crippen MR) is 111 cm³/mol. The van der Waals surface area contributed by atoms with Crippen LogP contribution in [0.15, 0.2) is 60.7 Å². The summed E-state index contributed by atoms with van der Waals surface area (Å²) in [7, 11) is 0. The van der Waals surface area contributed by atoms with Crippen LogP contribution in [0.2, 0.25) is 0 Å². The van der Waals surface area contributed by atoms with Crippen LogP contribution in [-0.4, -0.2) is 35.5 Å². The highest BCUT2D eigenvalue weighted by Crippen LogP contribution is 2.30. The first-order valence-corrected chi connectivity index (χ1v) is 9.40. The minimum Gasteiger partial charge on any atom is -0.491 e. The van der Waals surface area contributed by atoms with Crippen LogP contribution in [0.4, 0.5) is 10.5 Å². The molecule has 0 aliphatic carbocycles. The van der Waals surface area contributed by atoms with E-state index in [0.717, 1.165) is 6.08 Å². The largest absolute Gasteiger partial charge is 0.491 e. The van der Waals surface area contributed by atoms with Crippen molar-refractivity contribution in [2.75, 3.05) is 18.5 Å². The van der Waals surface area contributed by atoms with Crippen LogP contribution >= 0.6 is 0 Å². The normalized spacial score (nSPS) is 12.5. The Morgan fingerprint density at radius 2 is 1.97 bits per heavy atom. The average Bonchev–Trinajstić information content (AvgIpc) is 2.80. The molecule has 0 aliphatic heterocycles. The van der Waals surface area contributed by atoms with E-state index in [-0.39, 0.29) is 13.2 Å². The summed E-state index contributed by atoms with van der Waals surface area (Å²) in [5.41, 5.74) is 3.01. The molecule has 0 saturated carbocycles. The number of nitrogens with one attached hydrogen (secondary N) is 2. The van der Waals surface area contributed by atoms with E-state index >= 15 is 0 Å². The third kappa shape index (κ3) is 7.47. The molecule has 2 atom stereocenters. The molecule has 0 spiro atoms. The molecule has 2 amide bonds. The summed E-state index contributed by atoms with van der Waals surface area (Å²) in [4.78, 5) is 23.8. The SMILES string of the molecule is C[C@@H](/C=C/C(=O)NO)[C@H](OC(=O)Nc1ccc(C#N)cc1)c1cccc(OCCO)c1. The lowest BCUT2D eigenvalue weighted by Gasteiger charge is -2.23. The van der Waals surface area contributed by atoms with Crippen molar-refractivity contribution in [1.82, 2.24) is 5.48 Å². The summed E-state index contributed by atoms with van der Waals surface area (Å²) >= 11 is 0. The maximum absolute atomic E-state index is 12.5. The smallest absolute Gasteiger partial charge is 0.412 e. The molecule has 0 unspecified atom stereocenters. The van der Waals surface area contributed by atoms with Gasteiger partial charge in [-0.3, -0.25) is 15.3 Å². The number of anilines is 1. The van der Waals surface area contributed by atoms with E-state index in [1.807, 2.05) is 6.07 Å². The van der Waals surface area contributed by atoms with Crippen LogP contribution in [-0.2, 0) is 9.53 Å². The molecule has 0 aliphatic rings. The molecule has 9 heteroatoms. The van der Waals surface area contributed by atoms with Gasteiger partial charge in [-0.15, -0.1) is 0 Å². The second-order valence-corrected chi connectivity index (χ2v) is 6.48. The second kappa shape index (κ2) is 12.0. The van der Waals surface area contributed by atoms with Gasteiger partial charge in [-0.1, -0.05) is 25.1 Å². The second-order valence-electron chi connectivity index (χ2n) is 6.48. The molecule has 2 rings (SSSR count). The molecule has 31 heavy (non-hydrogen) atoms. The Balaban J connectivity index is 2.22. The van der Waals surface area contributed by atoms with Gasteiger partial charge >= 0.3 is 6.09 Å². The van der Waals surface area contributed by atoms with E-state index in [1.165, 1.54) is 11.6 Å². The maximum atomic E-state index is 12.5. The first kappa shape index (κ1) is 23.4. The van der Waals surface area contributed by atoms with Gasteiger partial charge in [-0.2, -0.15) is 5.26 Å². The number of carbonyl (C=O) groups is 2. The lowest BCUT2D eigenvalue weighted by Crippen LogP contribution is -2.22. The fourth-order valence-corrected chi connectivity index (χ4v) is 2.69. The Hall–Kier alpha value is -3.87. The van der Waals surface area contributed by atoms with E-state index < -0.39 is 24.0 Å². The summed E-state index contributed by atoms with van der Waals surface area (Å²) in [5, 5.41) is 29.1. The van der Waals surface area contributed by atoms with Gasteiger partial charge in [0.05, 0.1) is 18.2 Å². The molecule has 0 saturated heterocycles. The lowest BCUT2D eigenvalue weighted by molar-refractivity contribution is -0.124. The number of ether oxygens (including phenoxy) is 2. The van der Waals surface area contributed by atoms with Gasteiger partial charge in [0, 0.05) is 17.7 Å². The Labute approximate surface area is 179 Å². The molecule has 2 aromatic rings. The Bertz CT molecular complexity index is 952. The standard InChI is InChI=1S/C22H23N3O6/c1-15(5-10-20(27)25-29)21(17-3-2-4-19(13-17)30-12-11-26)31-22(28)24-18-8-6-16(14-23)7-9-18/h2-10,13,15,21,26,29H,11-12H2,1H3,(H,24,28)(H,25,27)/b10-5+/t15-,21-/m0/s1. The monoisotopic (exact) mass is 425 g/mol. The zero-order chi connectivity index (χ0) is 22.6. The molecule has 0 radical (unpaired) electrons. The van der Waals surface area contributed by atoms with E-state index in [0.29, 0.717) is 22.6 Å². The number of benzene rings is 2. The number of nitriles is 1. The minimum atomic E-state index is -0.793. The average molecular weight is 425 g/mol. The van der Waals surface area contributed by atoms with Crippen LogP contribution in [0.3, 0.4) is 0 Å². The van der Waals surface area contributed by atoms with Gasteiger partial charge in [0.15, 0.2) is 0 Å². The van der Waals surface area contributed by atoms with Crippen molar-refractivity contribution in [3.63, 3.8) is 0 Å². The number of hydroxylamine groups is 1. The number of nitrogens with zero attached hydrogens (tertiary/aromatic N) is 1. The summed E-state index contributed by atoms with van der Waals surface area (Å²) in [6, 6.07) is 15.1. The molecule has 0 heterocycles. The quantitative estimate of drug-likeness (QED) is 0.275. The first-order chi connectivity index (χ1) is 15.0. The van der Waals surface area contributed by atoms with Crippen molar-refractivity contribution in [3.8, 4) is 11.8 Å². The summed E-state index contributed by atoms with van der Waals surface area (Å²) in [6.07, 6.45) is 1.10. The molecule has 4 N–H and O–H groups in total. The van der Waals surface area contributed by atoms with E-state index in [1.54, 1.807) is 55.5 Å². The van der Waals surface area contributed by atoms with Crippen LogP contribution in [0, 0.1) is 17.2 Å². The summed E-state index contributed by atoms with van der Waals surface area (Å²) in [5.74, 6) is -0.679. The highest BCUT2D eigenvalue weighted by atomic mass is 16.6. The molecular formula is C22H23N3O6. The number of amides is 2. The van der Waals surface area contributed by atoms with E-state index in [9.17, 15) is 9.59 Å². The number of rotatable bonds is 9. The van der Waals surface area contributed by atoms with Crippen LogP contribution < -0.4 is 15.5 Å². The Kier molecular flexibility index (Phi) is 9.04. The molecule has 9 nitrogen and oxygen atoms in total. The topological polar surface area (TPSA) is 141 Å². The number of aliphatic hydroxyl groups is 1. The van der Waals surface area contributed by atoms with Gasteiger partial charge in [0.25, 0.3) is 5.91 Å². The fourth-order valence-electron chi connectivity index (χ4n) is 2.69. The molecule has 2 aromatic carbocycles. The highest BCUT2D eigenvalue weighted by Gasteiger charge is 2.23. The van der Waals surface area contributed by atoms with E-state index in [4.69, 9.17) is 25.0 Å². The van der Waals surface area contributed by atoms with Crippen molar-refractivity contribution >= 4 is 17.7 Å². The number of hydrogen-bond donors (Lipinski definition) is 4. The fraction of sp³-hybridized carbons (Fsp3) is 0.227. The van der Waals surface area contributed by atoms with Crippen LogP contribution in [0.5, 0.6) is 5.75 Å². The highest BCUT2D eigenvalue weighted by molar-refractivity contribution is 5.86. The van der Waals surface area contributed by atoms with Crippen molar-refractivity contribution in [2.24, 2.45) is 5.92 Å². The van der Waals surface area contributed by atoms with Crippen LogP contribution in [0.1, 0.15) is 24.2 Å². The van der Waals surface area contributed by atoms with Gasteiger partial charge < -0.3 is 14.6 Å². The van der Waals surface area contributed by atoms with Crippen molar-refractivity contribution < 1.29 is 29.4 Å². The number of carbonyl (C=O) groups excluding carboxylic acids is 2. The molecule has 162 valence electrons. The lowest BCUT2D eigenvalue weighted by atomic mass is 9.96. The Morgan fingerprint density at radius 1 is 1.23 bits per heavy atom. The predicted octanol–water partition coefficient (Wildman–Crippen LogP) is 2.92. The number of hydrogen-bond acceptors (Lipinski definition) is 7. The van der Waals surface area contributed by atoms with Crippen molar-refractivity contribution in [2.45, 2.75) is 13.0 Å². The third-order valence-electron chi connectivity index (χ3n) is 4.18.